The Balaban J connectivity index is 1.63. The lowest BCUT2D eigenvalue weighted by molar-refractivity contribution is -0.138. The summed E-state index contributed by atoms with van der Waals surface area (Å²) in [4.78, 5) is 15.3. The van der Waals surface area contributed by atoms with Crippen molar-refractivity contribution in [2.45, 2.75) is 38.3 Å². The van der Waals surface area contributed by atoms with Gasteiger partial charge in [-0.25, -0.2) is 4.68 Å². The second kappa shape index (κ2) is 8.42. The van der Waals surface area contributed by atoms with Crippen molar-refractivity contribution in [3.63, 3.8) is 0 Å². The van der Waals surface area contributed by atoms with Crippen molar-refractivity contribution in [3.8, 4) is 5.69 Å². The summed E-state index contributed by atoms with van der Waals surface area (Å²) in [7, 11) is 1.91. The van der Waals surface area contributed by atoms with Crippen LogP contribution in [0.1, 0.15) is 37.9 Å². The van der Waals surface area contributed by atoms with Crippen LogP contribution in [-0.4, -0.2) is 68.6 Å². The smallest absolute Gasteiger partial charge is 0.317 e. The molecule has 140 valence electrons. The summed E-state index contributed by atoms with van der Waals surface area (Å²) in [6, 6.07) is 10.5. The first-order chi connectivity index (χ1) is 12.5. The molecule has 0 aliphatic carbocycles. The molecule has 7 nitrogen and oxygen atoms in total. The number of likely N-dealkylation sites (N-methyl/N-ethyl adjacent to an activating group) is 1. The summed E-state index contributed by atoms with van der Waals surface area (Å²) in [6.45, 7) is 4.21. The van der Waals surface area contributed by atoms with Gasteiger partial charge < -0.3 is 5.11 Å². The zero-order chi connectivity index (χ0) is 18.5. The maximum atomic E-state index is 10.9. The molecule has 0 amide bonds. The van der Waals surface area contributed by atoms with Crippen LogP contribution < -0.4 is 0 Å². The van der Waals surface area contributed by atoms with Gasteiger partial charge in [0, 0.05) is 12.6 Å². The van der Waals surface area contributed by atoms with Crippen LogP contribution >= 0.6 is 0 Å². The zero-order valence-corrected chi connectivity index (χ0v) is 15.5. The normalized spacial score (nSPS) is 20.0. The van der Waals surface area contributed by atoms with Gasteiger partial charge in [0.1, 0.15) is 0 Å². The minimum Gasteiger partial charge on any atom is -0.480 e. The number of benzene rings is 1. The SMILES string of the molecule is CC(c1cn(-c2ccccc2)nn1)N1CCCC(N(C)CC(=O)O)CC1. The molecule has 1 N–H and O–H groups in total. The maximum Gasteiger partial charge on any atom is 0.317 e. The fourth-order valence-electron chi connectivity index (χ4n) is 3.63. The zero-order valence-electron chi connectivity index (χ0n) is 15.5. The summed E-state index contributed by atoms with van der Waals surface area (Å²) in [5.41, 5.74) is 1.97. The summed E-state index contributed by atoms with van der Waals surface area (Å²) in [6.07, 6.45) is 5.06. The van der Waals surface area contributed by atoms with E-state index in [1.165, 1.54) is 0 Å². The first-order valence-electron chi connectivity index (χ1n) is 9.18. The molecule has 26 heavy (non-hydrogen) atoms. The van der Waals surface area contributed by atoms with Gasteiger partial charge in [-0.3, -0.25) is 14.6 Å². The molecule has 1 aliphatic heterocycles. The lowest BCUT2D eigenvalue weighted by Crippen LogP contribution is -2.36. The fraction of sp³-hybridized carbons (Fsp3) is 0.526. The van der Waals surface area contributed by atoms with Crippen molar-refractivity contribution < 1.29 is 9.90 Å². The van der Waals surface area contributed by atoms with Crippen LogP contribution in [0.2, 0.25) is 0 Å². The molecular formula is C19H27N5O2. The van der Waals surface area contributed by atoms with E-state index >= 15 is 0 Å². The molecule has 2 unspecified atom stereocenters. The summed E-state index contributed by atoms with van der Waals surface area (Å²) >= 11 is 0. The van der Waals surface area contributed by atoms with E-state index in [9.17, 15) is 4.79 Å². The second-order valence-corrected chi connectivity index (χ2v) is 7.03. The molecule has 0 radical (unpaired) electrons. The standard InChI is InChI=1S/C19H27N5O2/c1-15(18-13-24(21-20-18)17-7-4-3-5-8-17)23-11-6-9-16(10-12-23)22(2)14-19(25)26/h3-5,7-8,13,15-16H,6,9-12,14H2,1-2H3,(H,25,26). The molecule has 2 aromatic rings. The average Bonchev–Trinajstić information content (AvgIpc) is 2.99. The summed E-state index contributed by atoms with van der Waals surface area (Å²) < 4.78 is 1.81. The second-order valence-electron chi connectivity index (χ2n) is 7.03. The van der Waals surface area contributed by atoms with Gasteiger partial charge in [0.05, 0.1) is 30.2 Å². The van der Waals surface area contributed by atoms with Crippen molar-refractivity contribution in [1.29, 1.82) is 0 Å². The molecule has 7 heteroatoms. The molecule has 1 saturated heterocycles. The van der Waals surface area contributed by atoms with Gasteiger partial charge in [-0.1, -0.05) is 23.4 Å². The Bertz CT molecular complexity index is 718. The van der Waals surface area contributed by atoms with E-state index < -0.39 is 5.97 Å². The number of nitrogens with zero attached hydrogens (tertiary/aromatic N) is 5. The highest BCUT2D eigenvalue weighted by molar-refractivity contribution is 5.69. The Hall–Kier alpha value is -2.25. The minimum absolute atomic E-state index is 0.103. The third-order valence-electron chi connectivity index (χ3n) is 5.25. The van der Waals surface area contributed by atoms with E-state index in [2.05, 4.69) is 22.1 Å². The van der Waals surface area contributed by atoms with E-state index in [1.807, 2.05) is 53.2 Å². The Morgan fingerprint density at radius 3 is 2.81 bits per heavy atom. The summed E-state index contributed by atoms with van der Waals surface area (Å²) in [5, 5.41) is 17.6. The van der Waals surface area contributed by atoms with Crippen LogP contribution in [0, 0.1) is 0 Å². The molecule has 1 aliphatic rings. The first-order valence-corrected chi connectivity index (χ1v) is 9.18. The fourth-order valence-corrected chi connectivity index (χ4v) is 3.63. The van der Waals surface area contributed by atoms with Crippen LogP contribution in [0.15, 0.2) is 36.5 Å². The number of hydrogen-bond donors (Lipinski definition) is 1. The molecule has 1 aromatic carbocycles. The van der Waals surface area contributed by atoms with Gasteiger partial charge in [0.25, 0.3) is 0 Å². The topological polar surface area (TPSA) is 74.5 Å². The predicted molar refractivity (Wildman–Crippen MR) is 99.3 cm³/mol. The van der Waals surface area contributed by atoms with Gasteiger partial charge >= 0.3 is 5.97 Å². The number of carboxylic acids is 1. The number of rotatable bonds is 6. The average molecular weight is 357 g/mol. The molecule has 0 saturated carbocycles. The molecule has 2 atom stereocenters. The number of carboxylic acid groups (broad SMARTS) is 1. The quantitative estimate of drug-likeness (QED) is 0.854. The Labute approximate surface area is 154 Å². The van der Waals surface area contributed by atoms with Crippen molar-refractivity contribution in [3.05, 3.63) is 42.2 Å². The lowest BCUT2D eigenvalue weighted by atomic mass is 10.1. The van der Waals surface area contributed by atoms with Gasteiger partial charge in [-0.05, 0) is 51.9 Å². The predicted octanol–water partition coefficient (Wildman–Crippen LogP) is 2.20. The van der Waals surface area contributed by atoms with E-state index in [1.54, 1.807) is 0 Å². The lowest BCUT2D eigenvalue weighted by Gasteiger charge is -2.27. The largest absolute Gasteiger partial charge is 0.480 e. The highest BCUT2D eigenvalue weighted by Gasteiger charge is 2.25. The maximum absolute atomic E-state index is 10.9. The number of para-hydroxylation sites is 1. The van der Waals surface area contributed by atoms with Crippen LogP contribution in [0.5, 0.6) is 0 Å². The van der Waals surface area contributed by atoms with E-state index in [0.29, 0.717) is 6.04 Å². The molecule has 0 spiro atoms. The molecular weight excluding hydrogens is 330 g/mol. The van der Waals surface area contributed by atoms with Gasteiger partial charge in [0.2, 0.25) is 0 Å². The van der Waals surface area contributed by atoms with Crippen molar-refractivity contribution in [1.82, 2.24) is 24.8 Å². The Morgan fingerprint density at radius 1 is 1.31 bits per heavy atom. The van der Waals surface area contributed by atoms with Crippen LogP contribution in [0.3, 0.4) is 0 Å². The Morgan fingerprint density at radius 2 is 2.08 bits per heavy atom. The summed E-state index contributed by atoms with van der Waals surface area (Å²) in [5.74, 6) is -0.764. The van der Waals surface area contributed by atoms with Gasteiger partial charge in [0.15, 0.2) is 0 Å². The molecule has 1 aromatic heterocycles. The number of carbonyl (C=O) groups is 1. The number of hydrogen-bond acceptors (Lipinski definition) is 5. The van der Waals surface area contributed by atoms with Crippen molar-refractivity contribution >= 4 is 5.97 Å². The minimum atomic E-state index is -0.764. The molecule has 2 heterocycles. The first kappa shape index (κ1) is 18.5. The van der Waals surface area contributed by atoms with Crippen LogP contribution in [0.4, 0.5) is 0 Å². The molecule has 1 fully saturated rings. The number of likely N-dealkylation sites (tertiary alicyclic amines) is 1. The van der Waals surface area contributed by atoms with Crippen molar-refractivity contribution in [2.24, 2.45) is 0 Å². The van der Waals surface area contributed by atoms with E-state index in [0.717, 1.165) is 43.7 Å². The van der Waals surface area contributed by atoms with Crippen LogP contribution in [0.25, 0.3) is 5.69 Å². The third-order valence-corrected chi connectivity index (χ3v) is 5.25. The molecule has 3 rings (SSSR count). The van der Waals surface area contributed by atoms with Gasteiger partial charge in [-0.15, -0.1) is 5.10 Å². The Kier molecular flexibility index (Phi) is 6.00. The highest BCUT2D eigenvalue weighted by Crippen LogP contribution is 2.24. The van der Waals surface area contributed by atoms with Gasteiger partial charge in [-0.2, -0.15) is 0 Å². The van der Waals surface area contributed by atoms with E-state index in [4.69, 9.17) is 5.11 Å². The molecule has 0 bridgehead atoms. The number of aliphatic carboxylic acids is 1. The third kappa shape index (κ3) is 4.47. The highest BCUT2D eigenvalue weighted by atomic mass is 16.4. The monoisotopic (exact) mass is 357 g/mol. The van der Waals surface area contributed by atoms with Crippen molar-refractivity contribution in [2.75, 3.05) is 26.7 Å². The van der Waals surface area contributed by atoms with E-state index in [-0.39, 0.29) is 12.6 Å². The van der Waals surface area contributed by atoms with Crippen LogP contribution in [-0.2, 0) is 4.79 Å². The number of aromatic nitrogens is 3.